The molecule has 0 aromatic carbocycles. The highest BCUT2D eigenvalue weighted by Gasteiger charge is 2.01. The summed E-state index contributed by atoms with van der Waals surface area (Å²) in [5, 5.41) is 0.956. The van der Waals surface area contributed by atoms with E-state index in [4.69, 9.17) is 0 Å². The fraction of sp³-hybridized carbons (Fsp3) is 0.182. The van der Waals surface area contributed by atoms with Gasteiger partial charge in [-0.2, -0.15) is 0 Å². The van der Waals surface area contributed by atoms with Crippen LogP contribution in [0, 0.1) is 0 Å². The molecular formula is C11H12N2S. The number of hydrogen-bond acceptors (Lipinski definition) is 2. The topological polar surface area (TPSA) is 28.7 Å². The molecule has 2 nitrogen and oxygen atoms in total. The zero-order chi connectivity index (χ0) is 9.80. The summed E-state index contributed by atoms with van der Waals surface area (Å²) in [5.74, 6) is 0. The molecule has 0 fully saturated rings. The number of hydrogen-bond donors (Lipinski definition) is 1. The molecule has 0 spiro atoms. The highest BCUT2D eigenvalue weighted by Crippen LogP contribution is 2.27. The summed E-state index contributed by atoms with van der Waals surface area (Å²) in [5.41, 5.74) is 1.29. The largest absolute Gasteiger partial charge is 0.339 e. The number of rotatable bonds is 2. The van der Waals surface area contributed by atoms with Crippen LogP contribution in [-0.4, -0.2) is 9.97 Å². The Bertz CT molecular complexity index is 385. The van der Waals surface area contributed by atoms with Crippen molar-refractivity contribution < 1.29 is 0 Å². The Morgan fingerprint density at radius 2 is 2.36 bits per heavy atom. The van der Waals surface area contributed by atoms with E-state index in [2.05, 4.69) is 41.2 Å². The molecule has 2 rings (SSSR count). The van der Waals surface area contributed by atoms with E-state index in [0.29, 0.717) is 0 Å². The lowest BCUT2D eigenvalue weighted by molar-refractivity contribution is 1.06. The van der Waals surface area contributed by atoms with Crippen LogP contribution in [-0.2, 0) is 0 Å². The quantitative estimate of drug-likeness (QED) is 0.800. The van der Waals surface area contributed by atoms with E-state index in [9.17, 15) is 0 Å². The lowest BCUT2D eigenvalue weighted by Gasteiger charge is -1.98. The van der Waals surface area contributed by atoms with Gasteiger partial charge in [-0.1, -0.05) is 41.6 Å². The molecular weight excluding hydrogens is 192 g/mol. The number of imidazole rings is 1. The van der Waals surface area contributed by atoms with Gasteiger partial charge in [0.25, 0.3) is 0 Å². The standard InChI is InChI=1S/C11H12N2S/c1-9-3-2-4-10(6-5-9)14-11-12-7-8-13-11/h2-3,5-8H,4H2,1H3,(H,12,13). The van der Waals surface area contributed by atoms with Crippen LogP contribution in [0.4, 0.5) is 0 Å². The summed E-state index contributed by atoms with van der Waals surface area (Å²) in [7, 11) is 0. The number of aromatic amines is 1. The van der Waals surface area contributed by atoms with Crippen LogP contribution in [0.3, 0.4) is 0 Å². The molecule has 1 aliphatic rings. The van der Waals surface area contributed by atoms with Gasteiger partial charge in [-0.3, -0.25) is 0 Å². The van der Waals surface area contributed by atoms with Crippen LogP contribution in [0.15, 0.2) is 52.3 Å². The molecule has 0 amide bonds. The summed E-state index contributed by atoms with van der Waals surface area (Å²) in [6, 6.07) is 0. The highest BCUT2D eigenvalue weighted by atomic mass is 32.2. The summed E-state index contributed by atoms with van der Waals surface area (Å²) in [6.45, 7) is 2.10. The van der Waals surface area contributed by atoms with Crippen molar-refractivity contribution in [2.24, 2.45) is 0 Å². The molecule has 1 aromatic rings. The van der Waals surface area contributed by atoms with E-state index >= 15 is 0 Å². The minimum absolute atomic E-state index is 0.956. The van der Waals surface area contributed by atoms with Crippen molar-refractivity contribution in [2.75, 3.05) is 0 Å². The van der Waals surface area contributed by atoms with Gasteiger partial charge >= 0.3 is 0 Å². The Morgan fingerprint density at radius 3 is 3.14 bits per heavy atom. The Labute approximate surface area is 87.8 Å². The summed E-state index contributed by atoms with van der Waals surface area (Å²) < 4.78 is 0. The zero-order valence-corrected chi connectivity index (χ0v) is 8.84. The first-order chi connectivity index (χ1) is 6.84. The molecule has 0 saturated carbocycles. The van der Waals surface area contributed by atoms with Gasteiger partial charge in [0.05, 0.1) is 0 Å². The van der Waals surface area contributed by atoms with E-state index in [1.165, 1.54) is 10.5 Å². The summed E-state index contributed by atoms with van der Waals surface area (Å²) >= 11 is 1.69. The molecule has 0 bridgehead atoms. The zero-order valence-electron chi connectivity index (χ0n) is 8.03. The first-order valence-electron chi connectivity index (χ1n) is 4.56. The van der Waals surface area contributed by atoms with Gasteiger partial charge in [0.1, 0.15) is 0 Å². The maximum absolute atomic E-state index is 4.18. The molecule has 1 N–H and O–H groups in total. The lowest BCUT2D eigenvalue weighted by atomic mass is 10.3. The predicted octanol–water partition coefficient (Wildman–Crippen LogP) is 3.29. The van der Waals surface area contributed by atoms with Gasteiger partial charge < -0.3 is 4.98 Å². The molecule has 0 atom stereocenters. The van der Waals surface area contributed by atoms with E-state index in [1.54, 1.807) is 18.0 Å². The Morgan fingerprint density at radius 1 is 1.43 bits per heavy atom. The second-order valence-electron chi connectivity index (χ2n) is 3.15. The van der Waals surface area contributed by atoms with E-state index in [1.807, 2.05) is 6.20 Å². The third kappa shape index (κ3) is 2.39. The predicted molar refractivity (Wildman–Crippen MR) is 60.0 cm³/mol. The van der Waals surface area contributed by atoms with Gasteiger partial charge in [-0.25, -0.2) is 4.98 Å². The molecule has 0 radical (unpaired) electrons. The van der Waals surface area contributed by atoms with Crippen molar-refractivity contribution in [1.82, 2.24) is 9.97 Å². The van der Waals surface area contributed by atoms with Crippen LogP contribution in [0.5, 0.6) is 0 Å². The number of nitrogens with zero attached hydrogens (tertiary/aromatic N) is 1. The minimum Gasteiger partial charge on any atom is -0.339 e. The average molecular weight is 204 g/mol. The number of nitrogens with one attached hydrogen (secondary N) is 1. The SMILES string of the molecule is CC1=CC=C(Sc2ncc[nH]2)CC=C1. The van der Waals surface area contributed by atoms with Crippen LogP contribution in [0.1, 0.15) is 13.3 Å². The van der Waals surface area contributed by atoms with E-state index in [0.717, 1.165) is 11.6 Å². The van der Waals surface area contributed by atoms with Crippen LogP contribution >= 0.6 is 11.8 Å². The van der Waals surface area contributed by atoms with Gasteiger partial charge in [0.2, 0.25) is 0 Å². The minimum atomic E-state index is 0.956. The molecule has 1 aromatic heterocycles. The van der Waals surface area contributed by atoms with Crippen LogP contribution in [0.2, 0.25) is 0 Å². The number of allylic oxidation sites excluding steroid dienone is 6. The number of H-pyrrole nitrogens is 1. The van der Waals surface area contributed by atoms with Gasteiger partial charge in [-0.05, 0) is 18.2 Å². The maximum Gasteiger partial charge on any atom is 0.169 e. The van der Waals surface area contributed by atoms with Crippen molar-refractivity contribution >= 4 is 11.8 Å². The summed E-state index contributed by atoms with van der Waals surface area (Å²) in [4.78, 5) is 8.58. The highest BCUT2D eigenvalue weighted by molar-refractivity contribution is 8.02. The Kier molecular flexibility index (Phi) is 2.89. The van der Waals surface area contributed by atoms with Crippen molar-refractivity contribution in [3.63, 3.8) is 0 Å². The average Bonchev–Trinajstić information content (AvgIpc) is 2.58. The molecule has 14 heavy (non-hydrogen) atoms. The Balaban J connectivity index is 2.09. The van der Waals surface area contributed by atoms with Crippen molar-refractivity contribution in [3.8, 4) is 0 Å². The van der Waals surface area contributed by atoms with E-state index in [-0.39, 0.29) is 0 Å². The second kappa shape index (κ2) is 4.33. The van der Waals surface area contributed by atoms with Gasteiger partial charge in [-0.15, -0.1) is 0 Å². The number of aromatic nitrogens is 2. The second-order valence-corrected chi connectivity index (χ2v) is 4.26. The third-order valence-corrected chi connectivity index (χ3v) is 2.91. The van der Waals surface area contributed by atoms with Crippen molar-refractivity contribution in [1.29, 1.82) is 0 Å². The van der Waals surface area contributed by atoms with Crippen LogP contribution < -0.4 is 0 Å². The molecule has 72 valence electrons. The first kappa shape index (κ1) is 9.34. The third-order valence-electron chi connectivity index (χ3n) is 1.93. The van der Waals surface area contributed by atoms with Crippen molar-refractivity contribution in [2.45, 2.75) is 18.5 Å². The molecule has 1 aliphatic carbocycles. The van der Waals surface area contributed by atoms with E-state index < -0.39 is 0 Å². The fourth-order valence-electron chi connectivity index (χ4n) is 1.22. The molecule has 0 aliphatic heterocycles. The number of thioether (sulfide) groups is 1. The summed E-state index contributed by atoms with van der Waals surface area (Å²) in [6.07, 6.45) is 13.2. The normalized spacial score (nSPS) is 16.1. The molecule has 0 saturated heterocycles. The maximum atomic E-state index is 4.18. The molecule has 0 unspecified atom stereocenters. The lowest BCUT2D eigenvalue weighted by Crippen LogP contribution is -1.77. The first-order valence-corrected chi connectivity index (χ1v) is 5.37. The van der Waals surface area contributed by atoms with Crippen molar-refractivity contribution in [3.05, 3.63) is 47.2 Å². The van der Waals surface area contributed by atoms with Gasteiger partial charge in [0.15, 0.2) is 5.16 Å². The smallest absolute Gasteiger partial charge is 0.169 e. The Hall–Kier alpha value is -1.22. The van der Waals surface area contributed by atoms with Crippen LogP contribution in [0.25, 0.3) is 0 Å². The monoisotopic (exact) mass is 204 g/mol. The molecule has 3 heteroatoms. The fourth-order valence-corrected chi connectivity index (χ4v) is 2.02. The molecule has 1 heterocycles. The van der Waals surface area contributed by atoms with Gasteiger partial charge in [0, 0.05) is 12.4 Å².